The highest BCUT2D eigenvalue weighted by molar-refractivity contribution is 6.04. The Kier molecular flexibility index (Phi) is 6.09. The molecule has 8 nitrogen and oxygen atoms in total. The van der Waals surface area contributed by atoms with E-state index in [0.717, 1.165) is 23.2 Å². The van der Waals surface area contributed by atoms with Crippen LogP contribution in [0.1, 0.15) is 45.6 Å². The number of ether oxygens (including phenoxy) is 2. The number of anilines is 1. The molecule has 2 N–H and O–H groups in total. The number of hydrogen-bond donors (Lipinski definition) is 2. The Hall–Kier alpha value is -3.81. The van der Waals surface area contributed by atoms with E-state index in [4.69, 9.17) is 9.47 Å². The molecule has 2 heterocycles. The maximum absolute atomic E-state index is 13.2. The molecule has 4 rings (SSSR count). The summed E-state index contributed by atoms with van der Waals surface area (Å²) in [6.07, 6.45) is 0.919. The average Bonchev–Trinajstić information content (AvgIpc) is 3.11. The highest BCUT2D eigenvalue weighted by atomic mass is 16.5. The van der Waals surface area contributed by atoms with Crippen LogP contribution < -0.4 is 20.1 Å². The fourth-order valence-corrected chi connectivity index (χ4v) is 4.38. The molecular formula is C25H28N4O4. The Labute approximate surface area is 192 Å². The molecule has 0 saturated heterocycles. The van der Waals surface area contributed by atoms with E-state index in [9.17, 15) is 9.59 Å². The fraction of sp³-hybridized carbons (Fsp3) is 0.320. The van der Waals surface area contributed by atoms with Gasteiger partial charge in [-0.25, -0.2) is 0 Å². The number of methoxy groups -OCH3 is 2. The van der Waals surface area contributed by atoms with E-state index in [0.29, 0.717) is 22.9 Å². The second-order valence-corrected chi connectivity index (χ2v) is 8.05. The van der Waals surface area contributed by atoms with Gasteiger partial charge in [-0.15, -0.1) is 0 Å². The number of hydrogen-bond acceptors (Lipinski definition) is 5. The summed E-state index contributed by atoms with van der Waals surface area (Å²) in [5, 5.41) is 10.4. The molecule has 0 aliphatic carbocycles. The summed E-state index contributed by atoms with van der Waals surface area (Å²) in [7, 11) is 4.84. The van der Waals surface area contributed by atoms with E-state index in [-0.39, 0.29) is 17.7 Å². The summed E-state index contributed by atoms with van der Waals surface area (Å²) in [4.78, 5) is 26.4. The van der Waals surface area contributed by atoms with Crippen LogP contribution in [0, 0.1) is 6.92 Å². The van der Waals surface area contributed by atoms with Crippen LogP contribution in [0.15, 0.2) is 42.5 Å². The van der Waals surface area contributed by atoms with Gasteiger partial charge in [0.1, 0.15) is 11.9 Å². The largest absolute Gasteiger partial charge is 0.493 e. The van der Waals surface area contributed by atoms with E-state index >= 15 is 0 Å². The van der Waals surface area contributed by atoms with Crippen molar-refractivity contribution in [3.05, 3.63) is 70.4 Å². The summed E-state index contributed by atoms with van der Waals surface area (Å²) in [5.74, 6) is 0.570. The minimum atomic E-state index is -0.812. The number of benzene rings is 2. The van der Waals surface area contributed by atoms with Gasteiger partial charge >= 0.3 is 0 Å². The Bertz CT molecular complexity index is 1200. The van der Waals surface area contributed by atoms with Gasteiger partial charge in [-0.2, -0.15) is 5.10 Å². The van der Waals surface area contributed by atoms with E-state index < -0.39 is 6.04 Å². The quantitative estimate of drug-likeness (QED) is 0.604. The summed E-state index contributed by atoms with van der Waals surface area (Å²) in [6, 6.07) is 12.2. The second kappa shape index (κ2) is 8.97. The third-order valence-electron chi connectivity index (χ3n) is 6.12. The van der Waals surface area contributed by atoms with Gasteiger partial charge in [0.2, 0.25) is 5.91 Å². The van der Waals surface area contributed by atoms with Crippen LogP contribution in [-0.2, 0) is 18.3 Å². The van der Waals surface area contributed by atoms with Crippen molar-refractivity contribution < 1.29 is 19.1 Å². The summed E-state index contributed by atoms with van der Waals surface area (Å²) < 4.78 is 12.2. The Balaban J connectivity index is 1.74. The molecular weight excluding hydrogens is 420 g/mol. The number of fused-ring (bicyclic) bond motifs is 1. The van der Waals surface area contributed by atoms with Crippen LogP contribution >= 0.6 is 0 Å². The van der Waals surface area contributed by atoms with E-state index in [2.05, 4.69) is 34.8 Å². The highest BCUT2D eigenvalue weighted by Crippen LogP contribution is 2.39. The Morgan fingerprint density at radius 3 is 2.45 bits per heavy atom. The maximum atomic E-state index is 13.2. The first-order chi connectivity index (χ1) is 15.9. The van der Waals surface area contributed by atoms with Crippen molar-refractivity contribution in [3.8, 4) is 11.5 Å². The van der Waals surface area contributed by atoms with Gasteiger partial charge in [-0.1, -0.05) is 31.2 Å². The first-order valence-electron chi connectivity index (χ1n) is 10.8. The van der Waals surface area contributed by atoms with E-state index in [1.54, 1.807) is 29.9 Å². The molecule has 0 spiro atoms. The van der Waals surface area contributed by atoms with Gasteiger partial charge in [-0.05, 0) is 42.7 Å². The molecule has 3 aromatic rings. The highest BCUT2D eigenvalue weighted by Gasteiger charge is 2.41. The SMILES string of the molecule is CCc1ccc([C@@H]2c3c(C)nn(C)c3NC(=O)[C@@H]2NC(=O)c2ccc(OC)c(OC)c2)cc1. The van der Waals surface area contributed by atoms with Crippen LogP contribution in [0.2, 0.25) is 0 Å². The van der Waals surface area contributed by atoms with E-state index in [1.165, 1.54) is 19.8 Å². The number of nitrogens with zero attached hydrogens (tertiary/aromatic N) is 2. The summed E-state index contributed by atoms with van der Waals surface area (Å²) in [5.41, 5.74) is 4.22. The van der Waals surface area contributed by atoms with Crippen molar-refractivity contribution in [1.82, 2.24) is 15.1 Å². The smallest absolute Gasteiger partial charge is 0.252 e. The number of nitrogens with one attached hydrogen (secondary N) is 2. The zero-order valence-electron chi connectivity index (χ0n) is 19.4. The van der Waals surface area contributed by atoms with Gasteiger partial charge in [-0.3, -0.25) is 14.3 Å². The van der Waals surface area contributed by atoms with Crippen molar-refractivity contribution in [2.75, 3.05) is 19.5 Å². The van der Waals surface area contributed by atoms with E-state index in [1.807, 2.05) is 19.1 Å². The predicted octanol–water partition coefficient (Wildman–Crippen LogP) is 3.19. The first-order valence-corrected chi connectivity index (χ1v) is 10.8. The lowest BCUT2D eigenvalue weighted by atomic mass is 9.81. The first kappa shape index (κ1) is 22.4. The third-order valence-corrected chi connectivity index (χ3v) is 6.12. The fourth-order valence-electron chi connectivity index (χ4n) is 4.38. The molecule has 0 saturated carbocycles. The lowest BCUT2D eigenvalue weighted by Crippen LogP contribution is -2.50. The summed E-state index contributed by atoms with van der Waals surface area (Å²) >= 11 is 0. The average molecular weight is 449 g/mol. The number of aryl methyl sites for hydroxylation is 3. The van der Waals surface area contributed by atoms with Crippen molar-refractivity contribution in [3.63, 3.8) is 0 Å². The lowest BCUT2D eigenvalue weighted by molar-refractivity contribution is -0.118. The van der Waals surface area contributed by atoms with Crippen LogP contribution in [0.3, 0.4) is 0 Å². The van der Waals surface area contributed by atoms with Gasteiger partial charge in [0.05, 0.1) is 19.9 Å². The molecule has 2 amide bonds. The molecule has 0 unspecified atom stereocenters. The Morgan fingerprint density at radius 2 is 1.82 bits per heavy atom. The normalized spacial score (nSPS) is 17.2. The molecule has 172 valence electrons. The van der Waals surface area contributed by atoms with Crippen LogP contribution in [-0.4, -0.2) is 41.9 Å². The second-order valence-electron chi connectivity index (χ2n) is 8.05. The number of aromatic nitrogens is 2. The van der Waals surface area contributed by atoms with Gasteiger partial charge in [0.15, 0.2) is 11.5 Å². The van der Waals surface area contributed by atoms with Crippen LogP contribution in [0.4, 0.5) is 5.82 Å². The van der Waals surface area contributed by atoms with Gasteiger partial charge in [0, 0.05) is 24.1 Å². The van der Waals surface area contributed by atoms with Crippen molar-refractivity contribution in [1.29, 1.82) is 0 Å². The zero-order valence-corrected chi connectivity index (χ0v) is 19.4. The number of carbonyl (C=O) groups is 2. The van der Waals surface area contributed by atoms with Gasteiger partial charge in [0.25, 0.3) is 5.91 Å². The van der Waals surface area contributed by atoms with Crippen LogP contribution in [0.25, 0.3) is 0 Å². The van der Waals surface area contributed by atoms with Crippen molar-refractivity contribution >= 4 is 17.6 Å². The molecule has 2 aromatic carbocycles. The number of amides is 2. The molecule has 0 fully saturated rings. The monoisotopic (exact) mass is 448 g/mol. The summed E-state index contributed by atoms with van der Waals surface area (Å²) in [6.45, 7) is 4.01. The minimum absolute atomic E-state index is 0.288. The number of rotatable bonds is 6. The topological polar surface area (TPSA) is 94.5 Å². The molecule has 0 radical (unpaired) electrons. The van der Waals surface area contributed by atoms with Gasteiger partial charge < -0.3 is 20.1 Å². The molecule has 1 aliphatic heterocycles. The van der Waals surface area contributed by atoms with Crippen molar-refractivity contribution in [2.24, 2.45) is 7.05 Å². The van der Waals surface area contributed by atoms with Crippen molar-refractivity contribution in [2.45, 2.75) is 32.2 Å². The molecule has 2 atom stereocenters. The predicted molar refractivity (Wildman–Crippen MR) is 125 cm³/mol. The molecule has 8 heteroatoms. The molecule has 0 bridgehead atoms. The molecule has 33 heavy (non-hydrogen) atoms. The maximum Gasteiger partial charge on any atom is 0.252 e. The lowest BCUT2D eigenvalue weighted by Gasteiger charge is -2.32. The standard InChI is InChI=1S/C25H28N4O4/c1-6-15-7-9-16(10-8-15)21-20-14(2)28-29(3)23(20)27-25(31)22(21)26-24(30)17-11-12-18(32-4)19(13-17)33-5/h7-13,21-22H,6H2,1-5H3,(H,26,30)(H,27,31)/t21-,22-/m1/s1. The minimum Gasteiger partial charge on any atom is -0.493 e. The Morgan fingerprint density at radius 1 is 1.12 bits per heavy atom. The number of carbonyl (C=O) groups excluding carboxylic acids is 2. The zero-order chi connectivity index (χ0) is 23.7. The third kappa shape index (κ3) is 4.04. The van der Waals surface area contributed by atoms with Crippen LogP contribution in [0.5, 0.6) is 11.5 Å². The molecule has 1 aromatic heterocycles. The molecule has 1 aliphatic rings.